The summed E-state index contributed by atoms with van der Waals surface area (Å²) in [6.07, 6.45) is 0.694. The van der Waals surface area contributed by atoms with E-state index in [0.29, 0.717) is 49.2 Å². The van der Waals surface area contributed by atoms with Crippen molar-refractivity contribution in [1.29, 1.82) is 5.26 Å². The van der Waals surface area contributed by atoms with E-state index in [1.807, 2.05) is 6.92 Å². The second-order valence-electron chi connectivity index (χ2n) is 8.31. The Labute approximate surface area is 203 Å². The van der Waals surface area contributed by atoms with Gasteiger partial charge in [-0.15, -0.1) is 0 Å². The number of aromatic amines is 1. The summed E-state index contributed by atoms with van der Waals surface area (Å²) in [6, 6.07) is 14.7. The van der Waals surface area contributed by atoms with E-state index in [4.69, 9.17) is 10.00 Å². The zero-order valence-corrected chi connectivity index (χ0v) is 20.2. The van der Waals surface area contributed by atoms with Gasteiger partial charge in [-0.05, 0) is 42.3 Å². The number of carbonyl (C=O) groups excluding carboxylic acids is 1. The van der Waals surface area contributed by atoms with Crippen LogP contribution in [0.5, 0.6) is 0 Å². The van der Waals surface area contributed by atoms with E-state index >= 15 is 0 Å². The molecule has 2 aromatic carbocycles. The van der Waals surface area contributed by atoms with E-state index in [1.54, 1.807) is 29.2 Å². The minimum Gasteiger partial charge on any atom is -0.379 e. The van der Waals surface area contributed by atoms with Crippen molar-refractivity contribution in [2.24, 2.45) is 0 Å². The number of aromatic nitrogens is 1. The molecule has 0 aliphatic carbocycles. The lowest BCUT2D eigenvalue weighted by molar-refractivity contribution is 0.0730. The molecule has 0 unspecified atom stereocenters. The van der Waals surface area contributed by atoms with Crippen LogP contribution >= 0.6 is 0 Å². The predicted molar refractivity (Wildman–Crippen MR) is 130 cm³/mol. The molecular formula is C25H26N4O5S. The number of hydrogen-bond acceptors (Lipinski definition) is 6. The quantitative estimate of drug-likeness (QED) is 0.538. The molecule has 4 rings (SSSR count). The van der Waals surface area contributed by atoms with E-state index < -0.39 is 15.6 Å². The van der Waals surface area contributed by atoms with Crippen LogP contribution in [-0.4, -0.2) is 61.4 Å². The lowest BCUT2D eigenvalue weighted by atomic mass is 10.1. The molecule has 182 valence electrons. The lowest BCUT2D eigenvalue weighted by Gasteiger charge is -2.26. The Morgan fingerprint density at radius 3 is 2.51 bits per heavy atom. The maximum Gasteiger partial charge on any atom is 0.255 e. The van der Waals surface area contributed by atoms with Gasteiger partial charge in [0, 0.05) is 43.1 Å². The van der Waals surface area contributed by atoms with Gasteiger partial charge in [0.05, 0.1) is 35.3 Å². The minimum absolute atomic E-state index is 0.0575. The van der Waals surface area contributed by atoms with Gasteiger partial charge in [0.1, 0.15) is 0 Å². The Bertz CT molecular complexity index is 1440. The number of amides is 1. The molecule has 1 saturated heterocycles. The highest BCUT2D eigenvalue weighted by atomic mass is 32.2. The van der Waals surface area contributed by atoms with Crippen molar-refractivity contribution in [3.63, 3.8) is 0 Å². The maximum atomic E-state index is 13.6. The number of pyridine rings is 1. The largest absolute Gasteiger partial charge is 0.379 e. The normalized spacial score (nSPS) is 14.5. The molecule has 1 aliphatic heterocycles. The molecule has 1 amide bonds. The van der Waals surface area contributed by atoms with Gasteiger partial charge in [-0.3, -0.25) is 9.59 Å². The van der Waals surface area contributed by atoms with Gasteiger partial charge in [0.25, 0.3) is 5.91 Å². The number of carbonyl (C=O) groups is 1. The summed E-state index contributed by atoms with van der Waals surface area (Å²) in [7, 11) is -3.78. The molecule has 3 aromatic rings. The highest BCUT2D eigenvalue weighted by molar-refractivity contribution is 7.89. The van der Waals surface area contributed by atoms with Crippen molar-refractivity contribution in [2.75, 3.05) is 32.8 Å². The fourth-order valence-electron chi connectivity index (χ4n) is 4.10. The molecule has 2 heterocycles. The molecule has 0 spiro atoms. The molecule has 1 N–H and O–H groups in total. The van der Waals surface area contributed by atoms with Crippen LogP contribution in [0.15, 0.2) is 58.2 Å². The number of nitrogens with zero attached hydrogens (tertiary/aromatic N) is 3. The lowest BCUT2D eigenvalue weighted by Crippen LogP contribution is -2.40. The van der Waals surface area contributed by atoms with Crippen LogP contribution in [0.25, 0.3) is 10.9 Å². The number of fused-ring (bicyclic) bond motifs is 1. The Morgan fingerprint density at radius 1 is 1.14 bits per heavy atom. The average molecular weight is 495 g/mol. The highest BCUT2D eigenvalue weighted by Crippen LogP contribution is 2.25. The third kappa shape index (κ3) is 5.27. The molecule has 35 heavy (non-hydrogen) atoms. The standard InChI is InChI=1S/C25H26N4O5S/c1-2-9-28(17-19-5-3-18(16-26)4-6-19)25(31)22-15-24(30)27-23-8-7-20(14-21(22)23)35(32,33)29-10-12-34-13-11-29/h3-8,14-15H,2,9-13,17H2,1H3,(H,27,30). The first-order valence-corrected chi connectivity index (χ1v) is 12.8. The molecule has 1 aliphatic rings. The van der Waals surface area contributed by atoms with Gasteiger partial charge >= 0.3 is 0 Å². The Balaban J connectivity index is 1.74. The van der Waals surface area contributed by atoms with Gasteiger partial charge in [0.15, 0.2) is 0 Å². The number of H-pyrrole nitrogens is 1. The molecule has 0 bridgehead atoms. The van der Waals surface area contributed by atoms with Crippen molar-refractivity contribution in [3.05, 3.63) is 75.6 Å². The molecular weight excluding hydrogens is 468 g/mol. The zero-order valence-electron chi connectivity index (χ0n) is 19.4. The summed E-state index contributed by atoms with van der Waals surface area (Å²) in [5.74, 6) is -0.367. The van der Waals surface area contributed by atoms with Crippen LogP contribution in [-0.2, 0) is 21.3 Å². The molecule has 1 fully saturated rings. The second-order valence-corrected chi connectivity index (χ2v) is 10.2. The predicted octanol–water partition coefficient (Wildman–Crippen LogP) is 2.47. The number of benzene rings is 2. The van der Waals surface area contributed by atoms with Gasteiger partial charge in [-0.2, -0.15) is 9.57 Å². The van der Waals surface area contributed by atoms with Crippen molar-refractivity contribution < 1.29 is 17.9 Å². The van der Waals surface area contributed by atoms with E-state index in [1.165, 1.54) is 28.6 Å². The summed E-state index contributed by atoms with van der Waals surface area (Å²) in [5.41, 5.74) is 1.45. The summed E-state index contributed by atoms with van der Waals surface area (Å²) >= 11 is 0. The first kappa shape index (κ1) is 24.6. The topological polar surface area (TPSA) is 124 Å². The van der Waals surface area contributed by atoms with Gasteiger partial charge in [-0.25, -0.2) is 8.42 Å². The van der Waals surface area contributed by atoms with Crippen molar-refractivity contribution in [2.45, 2.75) is 24.8 Å². The van der Waals surface area contributed by atoms with Crippen LogP contribution in [0.4, 0.5) is 0 Å². The fraction of sp³-hybridized carbons (Fsp3) is 0.320. The maximum absolute atomic E-state index is 13.6. The van der Waals surface area contributed by atoms with E-state index in [9.17, 15) is 18.0 Å². The average Bonchev–Trinajstić information content (AvgIpc) is 2.88. The van der Waals surface area contributed by atoms with Crippen LogP contribution < -0.4 is 5.56 Å². The van der Waals surface area contributed by atoms with E-state index in [2.05, 4.69) is 11.1 Å². The highest BCUT2D eigenvalue weighted by Gasteiger charge is 2.27. The molecule has 0 atom stereocenters. The van der Waals surface area contributed by atoms with Crippen molar-refractivity contribution in [3.8, 4) is 6.07 Å². The van der Waals surface area contributed by atoms with Crippen molar-refractivity contribution >= 4 is 26.8 Å². The molecule has 0 radical (unpaired) electrons. The summed E-state index contributed by atoms with van der Waals surface area (Å²) in [5, 5.41) is 9.39. The molecule has 1 aromatic heterocycles. The Kier molecular flexibility index (Phi) is 7.31. The third-order valence-corrected chi connectivity index (χ3v) is 7.78. The van der Waals surface area contributed by atoms with E-state index in [0.717, 1.165) is 5.56 Å². The summed E-state index contributed by atoms with van der Waals surface area (Å²) < 4.78 is 33.0. The SMILES string of the molecule is CCCN(Cc1ccc(C#N)cc1)C(=O)c1cc(=O)[nH]c2ccc(S(=O)(=O)N3CCOCC3)cc12. The van der Waals surface area contributed by atoms with Gasteiger partial charge < -0.3 is 14.6 Å². The zero-order chi connectivity index (χ0) is 25.0. The Hall–Kier alpha value is -3.52. The van der Waals surface area contributed by atoms with Crippen molar-refractivity contribution in [1.82, 2.24) is 14.2 Å². The second kappa shape index (κ2) is 10.4. The number of rotatable bonds is 7. The van der Waals surface area contributed by atoms with Crippen LogP contribution in [0.2, 0.25) is 0 Å². The number of hydrogen-bond donors (Lipinski definition) is 1. The number of nitriles is 1. The fourth-order valence-corrected chi connectivity index (χ4v) is 5.54. The number of sulfonamides is 1. The van der Waals surface area contributed by atoms with Gasteiger partial charge in [-0.1, -0.05) is 19.1 Å². The molecule has 9 nitrogen and oxygen atoms in total. The summed E-state index contributed by atoms with van der Waals surface area (Å²) in [6.45, 7) is 3.84. The minimum atomic E-state index is -3.78. The van der Waals surface area contributed by atoms with Gasteiger partial charge in [0.2, 0.25) is 15.6 Å². The van der Waals surface area contributed by atoms with Crippen LogP contribution in [0.3, 0.4) is 0 Å². The number of ether oxygens (including phenoxy) is 1. The molecule has 10 heteroatoms. The number of nitrogens with one attached hydrogen (secondary N) is 1. The van der Waals surface area contributed by atoms with Crippen LogP contribution in [0, 0.1) is 11.3 Å². The van der Waals surface area contributed by atoms with Crippen LogP contribution in [0.1, 0.15) is 34.8 Å². The smallest absolute Gasteiger partial charge is 0.255 e. The number of morpholine rings is 1. The first-order valence-electron chi connectivity index (χ1n) is 11.4. The third-order valence-electron chi connectivity index (χ3n) is 5.89. The summed E-state index contributed by atoms with van der Waals surface area (Å²) in [4.78, 5) is 30.4. The monoisotopic (exact) mass is 494 g/mol. The Morgan fingerprint density at radius 2 is 1.86 bits per heavy atom. The molecule has 0 saturated carbocycles. The van der Waals surface area contributed by atoms with E-state index in [-0.39, 0.29) is 29.5 Å². The first-order chi connectivity index (χ1) is 16.8.